The molecule has 0 radical (unpaired) electrons. The molecule has 0 aliphatic carbocycles. The van der Waals surface area contributed by atoms with Crippen LogP contribution >= 0.6 is 0 Å². The standard InChI is InChI=1S/C73H122O5/c1-3-5-7-9-11-13-15-17-19-21-23-25-27-29-31-33-35-36-38-40-42-44-46-48-50-52-54-56-58-60-62-64-66-68-73(76)78-71(69-74)70-77-72(75)67-65-63-61-59-57-55-53-51-49-47-45-43-41-39-37-34-32-30-28-26-24-22-20-18-16-14-12-10-8-6-4-2/h5,7,11,13,16-19,22-25,29,31,35-36,40,42,46,48,52,54,71,74H,3-4,6,8-10,12,14-15,20-21,26-28,30,32-34,37-39,41,43-45,47,49-51,53,55-70H2,1-2H3/b7-5-,13-11-,18-16-,19-17-,24-22-,25-23-,31-29-,36-35-,42-40-,48-46-,54-52-. The van der Waals surface area contributed by atoms with Gasteiger partial charge in [-0.05, 0) is 116 Å². The highest BCUT2D eigenvalue weighted by Crippen LogP contribution is 2.16. The summed E-state index contributed by atoms with van der Waals surface area (Å²) in [5.74, 6) is -0.612. The number of rotatable bonds is 59. The first-order valence-electron chi connectivity index (χ1n) is 32.7. The molecule has 0 heterocycles. The molecule has 0 fully saturated rings. The van der Waals surface area contributed by atoms with Gasteiger partial charge in [-0.25, -0.2) is 0 Å². The summed E-state index contributed by atoms with van der Waals surface area (Å²) in [5.41, 5.74) is 0. The quantitative estimate of drug-likeness (QED) is 0.0373. The molecule has 0 spiro atoms. The Morgan fingerprint density at radius 2 is 0.551 bits per heavy atom. The summed E-state index contributed by atoms with van der Waals surface area (Å²) in [6.07, 6.45) is 100. The van der Waals surface area contributed by atoms with Gasteiger partial charge in [-0.2, -0.15) is 0 Å². The van der Waals surface area contributed by atoms with E-state index in [9.17, 15) is 14.7 Å². The van der Waals surface area contributed by atoms with Crippen molar-refractivity contribution in [3.05, 3.63) is 134 Å². The number of ether oxygens (including phenoxy) is 2. The molecule has 78 heavy (non-hydrogen) atoms. The van der Waals surface area contributed by atoms with Crippen LogP contribution in [-0.2, 0) is 19.1 Å². The van der Waals surface area contributed by atoms with Crippen molar-refractivity contribution in [1.82, 2.24) is 0 Å². The zero-order valence-electron chi connectivity index (χ0n) is 50.9. The Balaban J connectivity index is 3.55. The van der Waals surface area contributed by atoms with Gasteiger partial charge in [-0.1, -0.05) is 302 Å². The number of esters is 2. The van der Waals surface area contributed by atoms with Crippen LogP contribution in [0.2, 0.25) is 0 Å². The number of aliphatic hydroxyl groups is 1. The normalized spacial score (nSPS) is 13.1. The Labute approximate surface area is 483 Å². The largest absolute Gasteiger partial charge is 0.462 e. The third-order valence-corrected chi connectivity index (χ3v) is 13.9. The summed E-state index contributed by atoms with van der Waals surface area (Å²) in [5, 5.41) is 9.69. The summed E-state index contributed by atoms with van der Waals surface area (Å²) < 4.78 is 10.7. The van der Waals surface area contributed by atoms with Crippen LogP contribution in [0, 0.1) is 0 Å². The molecule has 0 saturated heterocycles. The van der Waals surface area contributed by atoms with E-state index in [-0.39, 0.29) is 25.2 Å². The van der Waals surface area contributed by atoms with E-state index in [1.54, 1.807) is 0 Å². The van der Waals surface area contributed by atoms with Gasteiger partial charge in [0.1, 0.15) is 6.61 Å². The summed E-state index contributed by atoms with van der Waals surface area (Å²) in [6, 6.07) is 0. The zero-order chi connectivity index (χ0) is 56.2. The number of carbonyl (C=O) groups excluding carboxylic acids is 2. The van der Waals surface area contributed by atoms with Gasteiger partial charge in [0.25, 0.3) is 0 Å². The molecule has 0 aromatic heterocycles. The molecule has 0 amide bonds. The number of allylic oxidation sites excluding steroid dienone is 22. The topological polar surface area (TPSA) is 72.8 Å². The fourth-order valence-electron chi connectivity index (χ4n) is 9.05. The average molecular weight is 1080 g/mol. The molecule has 5 nitrogen and oxygen atoms in total. The Morgan fingerprint density at radius 3 is 0.833 bits per heavy atom. The van der Waals surface area contributed by atoms with Crippen LogP contribution in [0.1, 0.15) is 296 Å². The van der Waals surface area contributed by atoms with E-state index in [1.807, 2.05) is 0 Å². The molecule has 0 bridgehead atoms. The van der Waals surface area contributed by atoms with E-state index in [1.165, 1.54) is 148 Å². The van der Waals surface area contributed by atoms with Crippen LogP contribution in [0.25, 0.3) is 0 Å². The summed E-state index contributed by atoms with van der Waals surface area (Å²) >= 11 is 0. The van der Waals surface area contributed by atoms with Gasteiger partial charge in [-0.3, -0.25) is 9.59 Å². The van der Waals surface area contributed by atoms with E-state index in [0.717, 1.165) is 122 Å². The van der Waals surface area contributed by atoms with Gasteiger partial charge >= 0.3 is 11.9 Å². The maximum Gasteiger partial charge on any atom is 0.306 e. The van der Waals surface area contributed by atoms with Crippen LogP contribution in [0.4, 0.5) is 0 Å². The second kappa shape index (κ2) is 67.3. The molecule has 0 saturated carbocycles. The number of hydrogen-bond donors (Lipinski definition) is 1. The molecule has 1 atom stereocenters. The van der Waals surface area contributed by atoms with Crippen molar-refractivity contribution in [2.45, 2.75) is 302 Å². The van der Waals surface area contributed by atoms with Crippen molar-refractivity contribution in [3.8, 4) is 0 Å². The number of aliphatic hydroxyl groups excluding tert-OH is 1. The van der Waals surface area contributed by atoms with Crippen molar-refractivity contribution >= 4 is 11.9 Å². The van der Waals surface area contributed by atoms with Crippen molar-refractivity contribution in [2.75, 3.05) is 13.2 Å². The molecular formula is C73H122O5. The van der Waals surface area contributed by atoms with Crippen LogP contribution < -0.4 is 0 Å². The van der Waals surface area contributed by atoms with E-state index in [0.29, 0.717) is 12.8 Å². The molecule has 0 rings (SSSR count). The van der Waals surface area contributed by atoms with Crippen LogP contribution in [-0.4, -0.2) is 36.4 Å². The van der Waals surface area contributed by atoms with Crippen molar-refractivity contribution in [3.63, 3.8) is 0 Å². The maximum absolute atomic E-state index is 12.3. The zero-order valence-corrected chi connectivity index (χ0v) is 50.9. The van der Waals surface area contributed by atoms with E-state index >= 15 is 0 Å². The molecule has 0 aliphatic rings. The van der Waals surface area contributed by atoms with E-state index < -0.39 is 6.10 Å². The molecule has 0 aliphatic heterocycles. The van der Waals surface area contributed by atoms with E-state index in [4.69, 9.17) is 9.47 Å². The first-order chi connectivity index (χ1) is 38.6. The molecule has 1 unspecified atom stereocenters. The lowest BCUT2D eigenvalue weighted by atomic mass is 10.0. The predicted molar refractivity (Wildman–Crippen MR) is 343 cm³/mol. The monoisotopic (exact) mass is 1080 g/mol. The van der Waals surface area contributed by atoms with E-state index in [2.05, 4.69) is 148 Å². The Bertz CT molecular complexity index is 1600. The minimum atomic E-state index is -0.792. The van der Waals surface area contributed by atoms with Crippen LogP contribution in [0.15, 0.2) is 134 Å². The summed E-state index contributed by atoms with van der Waals surface area (Å²) in [6.45, 7) is 4.02. The predicted octanol–water partition coefficient (Wildman–Crippen LogP) is 22.8. The molecule has 444 valence electrons. The second-order valence-corrected chi connectivity index (χ2v) is 21.5. The smallest absolute Gasteiger partial charge is 0.306 e. The molecule has 5 heteroatoms. The third-order valence-electron chi connectivity index (χ3n) is 13.9. The average Bonchev–Trinajstić information content (AvgIpc) is 3.44. The fourth-order valence-corrected chi connectivity index (χ4v) is 9.05. The second-order valence-electron chi connectivity index (χ2n) is 21.5. The van der Waals surface area contributed by atoms with Gasteiger partial charge in [0.2, 0.25) is 0 Å². The Kier molecular flexibility index (Phi) is 63.9. The fraction of sp³-hybridized carbons (Fsp3) is 0.671. The molecule has 0 aromatic rings. The van der Waals surface area contributed by atoms with Crippen molar-refractivity contribution < 1.29 is 24.2 Å². The van der Waals surface area contributed by atoms with Crippen LogP contribution in [0.3, 0.4) is 0 Å². The van der Waals surface area contributed by atoms with Gasteiger partial charge in [0.15, 0.2) is 6.10 Å². The minimum Gasteiger partial charge on any atom is -0.462 e. The minimum absolute atomic E-state index is 0.0794. The first kappa shape index (κ1) is 74.0. The third kappa shape index (κ3) is 64.6. The molecular weight excluding hydrogens is 957 g/mol. The number of hydrogen-bond acceptors (Lipinski definition) is 5. The highest BCUT2D eigenvalue weighted by Gasteiger charge is 2.16. The highest BCUT2D eigenvalue weighted by atomic mass is 16.6. The lowest BCUT2D eigenvalue weighted by molar-refractivity contribution is -0.161. The van der Waals surface area contributed by atoms with Gasteiger partial charge < -0.3 is 14.6 Å². The Hall–Kier alpha value is -3.96. The van der Waals surface area contributed by atoms with Gasteiger partial charge in [0, 0.05) is 12.8 Å². The lowest BCUT2D eigenvalue weighted by Crippen LogP contribution is -2.28. The summed E-state index contributed by atoms with van der Waals surface area (Å²) in [4.78, 5) is 24.6. The first-order valence-corrected chi connectivity index (χ1v) is 32.7. The molecule has 1 N–H and O–H groups in total. The Morgan fingerprint density at radius 1 is 0.308 bits per heavy atom. The summed E-state index contributed by atoms with van der Waals surface area (Å²) in [7, 11) is 0. The van der Waals surface area contributed by atoms with Gasteiger partial charge in [0.05, 0.1) is 6.61 Å². The van der Waals surface area contributed by atoms with Crippen molar-refractivity contribution in [1.29, 1.82) is 0 Å². The number of unbranched alkanes of at least 4 members (excludes halogenated alkanes) is 29. The van der Waals surface area contributed by atoms with Crippen LogP contribution in [0.5, 0.6) is 0 Å². The lowest BCUT2D eigenvalue weighted by Gasteiger charge is -2.15. The maximum atomic E-state index is 12.3. The molecule has 0 aromatic carbocycles. The highest BCUT2D eigenvalue weighted by molar-refractivity contribution is 5.70. The SMILES string of the molecule is CC/C=C\C/C=C\C/C=C\C/C=C\C/C=C\C/C=C\C/C=C\C/C=C\C/C=C\CCCCCCCC(=O)OC(CO)COC(=O)CCCCCCCCCCCCCCCCCCCCC/C=C\C/C=C\CCCCCCC. The van der Waals surface area contributed by atoms with Gasteiger partial charge in [-0.15, -0.1) is 0 Å². The number of carbonyl (C=O) groups is 2. The van der Waals surface area contributed by atoms with Crippen molar-refractivity contribution in [2.24, 2.45) is 0 Å².